The van der Waals surface area contributed by atoms with Gasteiger partial charge in [-0.3, -0.25) is 0 Å². The summed E-state index contributed by atoms with van der Waals surface area (Å²) in [6, 6.07) is 61.4. The molecule has 11 aromatic rings. The van der Waals surface area contributed by atoms with Crippen LogP contribution in [0.25, 0.3) is 101 Å². The molecule has 0 saturated carbocycles. The maximum absolute atomic E-state index is 2.47. The summed E-state index contributed by atoms with van der Waals surface area (Å²) in [4.78, 5) is 0. The summed E-state index contributed by atoms with van der Waals surface area (Å²) in [5, 5.41) is 7.92. The number of benzene rings is 8. The molecule has 12 rings (SSSR count). The SMILES string of the molecule is CC1(C)c2cc(-c3ccc4c(c3)c3cc(-c5ccc6sc7ccccc7c6c5)ccc3n4-c3ccccc3)ccc2-c2c1ccc1c2sc2ccccc21. The Morgan fingerprint density at radius 1 is 0.407 bits per heavy atom. The van der Waals surface area contributed by atoms with Crippen LogP contribution in [0.15, 0.2) is 164 Å². The van der Waals surface area contributed by atoms with Crippen molar-refractivity contribution in [1.82, 2.24) is 4.57 Å². The highest BCUT2D eigenvalue weighted by molar-refractivity contribution is 7.26. The number of hydrogen-bond donors (Lipinski definition) is 0. The van der Waals surface area contributed by atoms with Crippen molar-refractivity contribution in [3.8, 4) is 39.1 Å². The van der Waals surface area contributed by atoms with Gasteiger partial charge in [0.15, 0.2) is 0 Å². The van der Waals surface area contributed by atoms with E-state index in [1.807, 2.05) is 22.7 Å². The van der Waals surface area contributed by atoms with E-state index in [-0.39, 0.29) is 5.41 Å². The third-order valence-corrected chi connectivity index (χ3v) is 14.4. The molecule has 0 radical (unpaired) electrons. The fourth-order valence-corrected chi connectivity index (χ4v) is 11.7. The Kier molecular flexibility index (Phi) is 6.22. The number of nitrogens with zero attached hydrogens (tertiary/aromatic N) is 1. The van der Waals surface area contributed by atoms with E-state index >= 15 is 0 Å². The van der Waals surface area contributed by atoms with Gasteiger partial charge in [-0.25, -0.2) is 0 Å². The molecule has 0 atom stereocenters. The number of thiophene rings is 2. The van der Waals surface area contributed by atoms with Crippen LogP contribution in [0, 0.1) is 0 Å². The molecule has 3 heterocycles. The second kappa shape index (κ2) is 11.0. The van der Waals surface area contributed by atoms with Gasteiger partial charge >= 0.3 is 0 Å². The summed E-state index contributed by atoms with van der Waals surface area (Å²) in [5.41, 5.74) is 14.1. The molecule has 0 aliphatic heterocycles. The van der Waals surface area contributed by atoms with Crippen LogP contribution in [0.3, 0.4) is 0 Å². The molecule has 8 aromatic carbocycles. The predicted molar refractivity (Wildman–Crippen MR) is 235 cm³/mol. The molecule has 0 spiro atoms. The monoisotopic (exact) mass is 723 g/mol. The normalized spacial score (nSPS) is 13.5. The van der Waals surface area contributed by atoms with E-state index in [1.165, 1.54) is 112 Å². The van der Waals surface area contributed by atoms with Crippen LogP contribution < -0.4 is 0 Å². The van der Waals surface area contributed by atoms with Crippen molar-refractivity contribution in [2.45, 2.75) is 19.3 Å². The van der Waals surface area contributed by atoms with Gasteiger partial charge in [0.1, 0.15) is 0 Å². The number of aromatic nitrogens is 1. The summed E-state index contributed by atoms with van der Waals surface area (Å²) in [6.07, 6.45) is 0. The molecule has 1 nitrogen and oxygen atoms in total. The van der Waals surface area contributed by atoms with Gasteiger partial charge in [-0.2, -0.15) is 0 Å². The molecule has 0 unspecified atom stereocenters. The zero-order chi connectivity index (χ0) is 35.7. The summed E-state index contributed by atoms with van der Waals surface area (Å²) in [6.45, 7) is 4.80. The highest BCUT2D eigenvalue weighted by Gasteiger charge is 2.37. The van der Waals surface area contributed by atoms with E-state index < -0.39 is 0 Å². The molecule has 54 heavy (non-hydrogen) atoms. The maximum Gasteiger partial charge on any atom is 0.0541 e. The van der Waals surface area contributed by atoms with Gasteiger partial charge in [-0.1, -0.05) is 111 Å². The molecule has 0 N–H and O–H groups in total. The van der Waals surface area contributed by atoms with Crippen molar-refractivity contribution in [1.29, 1.82) is 0 Å². The molecule has 254 valence electrons. The fourth-order valence-electron chi connectivity index (χ4n) is 9.32. The first-order valence-corrected chi connectivity index (χ1v) is 20.3. The highest BCUT2D eigenvalue weighted by Crippen LogP contribution is 2.54. The van der Waals surface area contributed by atoms with Gasteiger partial charge < -0.3 is 4.57 Å². The van der Waals surface area contributed by atoms with Crippen molar-refractivity contribution in [2.75, 3.05) is 0 Å². The van der Waals surface area contributed by atoms with Crippen LogP contribution in [0.2, 0.25) is 0 Å². The van der Waals surface area contributed by atoms with Crippen LogP contribution >= 0.6 is 22.7 Å². The van der Waals surface area contributed by atoms with Crippen molar-refractivity contribution < 1.29 is 0 Å². The van der Waals surface area contributed by atoms with Crippen LogP contribution in [-0.4, -0.2) is 4.57 Å². The van der Waals surface area contributed by atoms with Crippen LogP contribution in [0.5, 0.6) is 0 Å². The molecule has 0 saturated heterocycles. The second-order valence-corrected chi connectivity index (χ2v) is 17.4. The zero-order valence-corrected chi connectivity index (χ0v) is 31.5. The highest BCUT2D eigenvalue weighted by atomic mass is 32.1. The van der Waals surface area contributed by atoms with Gasteiger partial charge in [0, 0.05) is 67.8 Å². The van der Waals surface area contributed by atoms with Crippen molar-refractivity contribution in [2.24, 2.45) is 0 Å². The smallest absolute Gasteiger partial charge is 0.0541 e. The van der Waals surface area contributed by atoms with Gasteiger partial charge in [0.2, 0.25) is 0 Å². The van der Waals surface area contributed by atoms with Crippen molar-refractivity contribution >= 4 is 84.8 Å². The Hall–Kier alpha value is -6.00. The Morgan fingerprint density at radius 2 is 0.963 bits per heavy atom. The average molecular weight is 724 g/mol. The van der Waals surface area contributed by atoms with E-state index in [2.05, 4.69) is 182 Å². The molecule has 0 fully saturated rings. The van der Waals surface area contributed by atoms with Gasteiger partial charge in [0.05, 0.1) is 11.0 Å². The molecule has 0 amide bonds. The maximum atomic E-state index is 2.47. The van der Waals surface area contributed by atoms with E-state index in [0.29, 0.717) is 0 Å². The minimum atomic E-state index is -0.0950. The van der Waals surface area contributed by atoms with E-state index in [9.17, 15) is 0 Å². The molecule has 3 aromatic heterocycles. The quantitative estimate of drug-likeness (QED) is 0.171. The summed E-state index contributed by atoms with van der Waals surface area (Å²) >= 11 is 3.81. The number of hydrogen-bond acceptors (Lipinski definition) is 2. The van der Waals surface area contributed by atoms with E-state index in [0.717, 1.165) is 0 Å². The summed E-state index contributed by atoms with van der Waals surface area (Å²) in [5.74, 6) is 0. The summed E-state index contributed by atoms with van der Waals surface area (Å²) in [7, 11) is 0. The van der Waals surface area contributed by atoms with Crippen LogP contribution in [-0.2, 0) is 5.41 Å². The van der Waals surface area contributed by atoms with Crippen molar-refractivity contribution in [3.63, 3.8) is 0 Å². The molecule has 3 heteroatoms. The lowest BCUT2D eigenvalue weighted by atomic mass is 9.81. The third kappa shape index (κ3) is 4.20. The lowest BCUT2D eigenvalue weighted by Crippen LogP contribution is -2.14. The third-order valence-electron chi connectivity index (χ3n) is 12.0. The molecule has 1 aliphatic rings. The van der Waals surface area contributed by atoms with Gasteiger partial charge in [-0.15, -0.1) is 22.7 Å². The number of rotatable bonds is 3. The number of fused-ring (bicyclic) bond motifs is 13. The first-order valence-electron chi connectivity index (χ1n) is 18.7. The molecular formula is C51H33NS2. The number of para-hydroxylation sites is 1. The van der Waals surface area contributed by atoms with Gasteiger partial charge in [0.25, 0.3) is 0 Å². The van der Waals surface area contributed by atoms with Crippen LogP contribution in [0.4, 0.5) is 0 Å². The summed E-state index contributed by atoms with van der Waals surface area (Å²) < 4.78 is 7.86. The van der Waals surface area contributed by atoms with Crippen molar-refractivity contribution in [3.05, 3.63) is 175 Å². The predicted octanol–water partition coefficient (Wildman–Crippen LogP) is 15.2. The first kappa shape index (κ1) is 30.5. The molecule has 0 bridgehead atoms. The van der Waals surface area contributed by atoms with E-state index in [4.69, 9.17) is 0 Å². The fraction of sp³-hybridized carbons (Fsp3) is 0.0588. The molecule has 1 aliphatic carbocycles. The Balaban J connectivity index is 1.04. The minimum Gasteiger partial charge on any atom is -0.309 e. The largest absolute Gasteiger partial charge is 0.309 e. The lowest BCUT2D eigenvalue weighted by Gasteiger charge is -2.22. The average Bonchev–Trinajstić information content (AvgIpc) is 3.94. The van der Waals surface area contributed by atoms with E-state index in [1.54, 1.807) is 0 Å². The lowest BCUT2D eigenvalue weighted by molar-refractivity contribution is 0.661. The Labute approximate surface area is 321 Å². The zero-order valence-electron chi connectivity index (χ0n) is 29.9. The van der Waals surface area contributed by atoms with Gasteiger partial charge in [-0.05, 0) is 106 Å². The van der Waals surface area contributed by atoms with Crippen LogP contribution in [0.1, 0.15) is 25.0 Å². The second-order valence-electron chi connectivity index (χ2n) is 15.3. The minimum absolute atomic E-state index is 0.0950. The topological polar surface area (TPSA) is 4.93 Å². The first-order chi connectivity index (χ1) is 26.5. The Morgan fingerprint density at radius 3 is 1.69 bits per heavy atom. The molecular weight excluding hydrogens is 691 g/mol. The Bertz CT molecular complexity index is 3350. The standard InChI is InChI=1S/C51H33NS2/c1-51(2)42-22-21-37-35-12-6-9-15-47(35)54-50(37)49(42)38-20-16-33(29-43(38)51)31-18-24-45-40(27-31)39-26-30(17-23-44(39)52(45)34-10-4-3-5-11-34)32-19-25-48-41(28-32)36-13-7-8-14-46(36)53-48/h3-29H,1-2H3.